The van der Waals surface area contributed by atoms with Crippen molar-refractivity contribution in [2.45, 2.75) is 34.2 Å². The van der Waals surface area contributed by atoms with Gasteiger partial charge in [-0.1, -0.05) is 0 Å². The number of nitrogens with one attached hydrogen (secondary N) is 1. The van der Waals surface area contributed by atoms with Crippen LogP contribution in [0.2, 0.25) is 0 Å². The molecule has 0 saturated carbocycles. The van der Waals surface area contributed by atoms with Gasteiger partial charge >= 0.3 is 5.51 Å². The van der Waals surface area contributed by atoms with Gasteiger partial charge in [0.05, 0.1) is 12.0 Å². The minimum Gasteiger partial charge on any atom is -0.497 e. The molecule has 1 amide bonds. The van der Waals surface area contributed by atoms with Crippen LogP contribution in [0.3, 0.4) is 0 Å². The van der Waals surface area contributed by atoms with Crippen LogP contribution in [0.1, 0.15) is 23.2 Å². The number of hydrogen-bond acceptors (Lipinski definition) is 5. The fourth-order valence-electron chi connectivity index (χ4n) is 3.21. The third-order valence-corrected chi connectivity index (χ3v) is 7.49. The lowest BCUT2D eigenvalue weighted by Gasteiger charge is -2.31. The van der Waals surface area contributed by atoms with Gasteiger partial charge in [-0.2, -0.15) is 17.5 Å². The normalized spacial score (nSPS) is 16.1. The predicted molar refractivity (Wildman–Crippen MR) is 111 cm³/mol. The highest BCUT2D eigenvalue weighted by Crippen LogP contribution is 2.36. The van der Waals surface area contributed by atoms with E-state index in [0.717, 1.165) is 0 Å². The van der Waals surface area contributed by atoms with Crippen molar-refractivity contribution in [3.8, 4) is 5.75 Å². The first kappa shape index (κ1) is 23.4. The standard InChI is InChI=1S/C20H21F3N2O4S2/c1-29-16-4-8-18(9-5-16)31(27,28)25-12-10-15(11-13-25)24-19(26)14-2-6-17(7-3-14)30-20(21,22)23/h2-9,15H,10-13H2,1H3,(H,24,26). The SMILES string of the molecule is COc1ccc(S(=O)(=O)N2CCC(NC(=O)c3ccc(SC(F)(F)F)cc3)CC2)cc1. The summed E-state index contributed by atoms with van der Waals surface area (Å²) in [6.45, 7) is 0.501. The molecule has 11 heteroatoms. The average Bonchev–Trinajstić information content (AvgIpc) is 2.73. The van der Waals surface area contributed by atoms with Crippen molar-refractivity contribution in [1.29, 1.82) is 0 Å². The molecule has 168 valence electrons. The molecule has 0 spiro atoms. The Morgan fingerprint density at radius 3 is 2.16 bits per heavy atom. The fraction of sp³-hybridized carbons (Fsp3) is 0.350. The zero-order valence-corrected chi connectivity index (χ0v) is 18.2. The van der Waals surface area contributed by atoms with Crippen molar-refractivity contribution in [1.82, 2.24) is 9.62 Å². The number of amides is 1. The van der Waals surface area contributed by atoms with E-state index in [1.807, 2.05) is 0 Å². The van der Waals surface area contributed by atoms with Gasteiger partial charge in [0, 0.05) is 29.6 Å². The second-order valence-electron chi connectivity index (χ2n) is 6.90. The maximum atomic E-state index is 12.8. The quantitative estimate of drug-likeness (QED) is 0.643. The Morgan fingerprint density at radius 2 is 1.65 bits per heavy atom. The van der Waals surface area contributed by atoms with Crippen molar-refractivity contribution in [3.05, 3.63) is 54.1 Å². The van der Waals surface area contributed by atoms with Gasteiger partial charge in [0.2, 0.25) is 10.0 Å². The van der Waals surface area contributed by atoms with Crippen molar-refractivity contribution in [2.24, 2.45) is 0 Å². The van der Waals surface area contributed by atoms with Crippen LogP contribution in [-0.4, -0.2) is 50.4 Å². The minimum atomic E-state index is -4.39. The van der Waals surface area contributed by atoms with Crippen molar-refractivity contribution >= 4 is 27.7 Å². The minimum absolute atomic E-state index is 0.00102. The molecule has 0 unspecified atom stereocenters. The molecule has 0 bridgehead atoms. The summed E-state index contributed by atoms with van der Waals surface area (Å²) in [5.74, 6) is 0.158. The van der Waals surface area contributed by atoms with E-state index in [-0.39, 0.29) is 46.2 Å². The van der Waals surface area contributed by atoms with E-state index < -0.39 is 21.4 Å². The van der Waals surface area contributed by atoms with E-state index >= 15 is 0 Å². The molecular formula is C20H21F3N2O4S2. The largest absolute Gasteiger partial charge is 0.497 e. The number of carbonyl (C=O) groups excluding carboxylic acids is 1. The van der Waals surface area contributed by atoms with Crippen molar-refractivity contribution in [3.63, 3.8) is 0 Å². The van der Waals surface area contributed by atoms with Crippen LogP contribution >= 0.6 is 11.8 Å². The highest BCUT2D eigenvalue weighted by molar-refractivity contribution is 8.00. The third kappa shape index (κ3) is 6.14. The number of alkyl halides is 3. The molecule has 2 aromatic carbocycles. The third-order valence-electron chi connectivity index (χ3n) is 4.84. The van der Waals surface area contributed by atoms with Gasteiger partial charge in [-0.05, 0) is 73.1 Å². The zero-order valence-electron chi connectivity index (χ0n) is 16.6. The summed E-state index contributed by atoms with van der Waals surface area (Å²) in [6, 6.07) is 11.1. The number of piperidine rings is 1. The number of ether oxygens (including phenoxy) is 1. The number of methoxy groups -OCH3 is 1. The number of hydrogen-bond donors (Lipinski definition) is 1. The predicted octanol–water partition coefficient (Wildman–Crippen LogP) is 3.89. The van der Waals surface area contributed by atoms with Gasteiger partial charge in [0.15, 0.2) is 0 Å². The summed E-state index contributed by atoms with van der Waals surface area (Å²) in [6.07, 6.45) is 0.867. The molecule has 1 fully saturated rings. The highest BCUT2D eigenvalue weighted by atomic mass is 32.2. The molecule has 6 nitrogen and oxygen atoms in total. The lowest BCUT2D eigenvalue weighted by molar-refractivity contribution is -0.0328. The summed E-state index contributed by atoms with van der Waals surface area (Å²) in [4.78, 5) is 12.6. The average molecular weight is 475 g/mol. The maximum Gasteiger partial charge on any atom is 0.446 e. The number of nitrogens with zero attached hydrogens (tertiary/aromatic N) is 1. The van der Waals surface area contributed by atoms with Crippen LogP contribution in [0.25, 0.3) is 0 Å². The molecule has 31 heavy (non-hydrogen) atoms. The first-order valence-electron chi connectivity index (χ1n) is 9.39. The Labute approximate surface area is 182 Å². The number of sulfonamides is 1. The van der Waals surface area contributed by atoms with Crippen LogP contribution in [0.5, 0.6) is 5.75 Å². The fourth-order valence-corrected chi connectivity index (χ4v) is 5.22. The van der Waals surface area contributed by atoms with Crippen molar-refractivity contribution < 1.29 is 31.1 Å². The Hall–Kier alpha value is -2.24. The van der Waals surface area contributed by atoms with E-state index in [9.17, 15) is 26.4 Å². The van der Waals surface area contributed by atoms with Gasteiger partial charge in [-0.25, -0.2) is 8.42 Å². The molecular weight excluding hydrogens is 453 g/mol. The number of benzene rings is 2. The van der Waals surface area contributed by atoms with E-state index in [1.54, 1.807) is 12.1 Å². The molecule has 0 atom stereocenters. The second-order valence-corrected chi connectivity index (χ2v) is 9.98. The van der Waals surface area contributed by atoms with E-state index in [1.165, 1.54) is 47.8 Å². The molecule has 0 aromatic heterocycles. The molecule has 1 saturated heterocycles. The molecule has 1 aliphatic heterocycles. The zero-order chi connectivity index (χ0) is 22.6. The van der Waals surface area contributed by atoms with Gasteiger partial charge in [0.1, 0.15) is 5.75 Å². The van der Waals surface area contributed by atoms with Gasteiger partial charge in [0.25, 0.3) is 5.91 Å². The first-order chi connectivity index (χ1) is 14.6. The van der Waals surface area contributed by atoms with Crippen LogP contribution in [0, 0.1) is 0 Å². The molecule has 0 radical (unpaired) electrons. The Bertz CT molecular complexity index is 1000. The molecule has 1 N–H and O–H groups in total. The Kier molecular flexibility index (Phi) is 7.17. The van der Waals surface area contributed by atoms with E-state index in [4.69, 9.17) is 4.74 Å². The van der Waals surface area contributed by atoms with Crippen LogP contribution in [0.4, 0.5) is 13.2 Å². The van der Waals surface area contributed by atoms with Crippen LogP contribution < -0.4 is 10.1 Å². The number of halogens is 3. The highest BCUT2D eigenvalue weighted by Gasteiger charge is 2.31. The molecule has 1 heterocycles. The summed E-state index contributed by atoms with van der Waals surface area (Å²) in [5.41, 5.74) is -4.14. The smallest absolute Gasteiger partial charge is 0.446 e. The molecule has 3 rings (SSSR count). The van der Waals surface area contributed by atoms with Gasteiger partial charge in [-0.3, -0.25) is 4.79 Å². The lowest BCUT2D eigenvalue weighted by atomic mass is 10.1. The second kappa shape index (κ2) is 9.49. The summed E-state index contributed by atoms with van der Waals surface area (Å²) in [7, 11) is -2.14. The summed E-state index contributed by atoms with van der Waals surface area (Å²) < 4.78 is 69.2. The number of thioether (sulfide) groups is 1. The Morgan fingerprint density at radius 1 is 1.06 bits per heavy atom. The molecule has 1 aliphatic rings. The first-order valence-corrected chi connectivity index (χ1v) is 11.6. The number of carbonyl (C=O) groups is 1. The molecule has 2 aromatic rings. The molecule has 0 aliphatic carbocycles. The topological polar surface area (TPSA) is 75.7 Å². The van der Waals surface area contributed by atoms with Crippen LogP contribution in [0.15, 0.2) is 58.3 Å². The maximum absolute atomic E-state index is 12.8. The van der Waals surface area contributed by atoms with E-state index in [0.29, 0.717) is 18.6 Å². The summed E-state index contributed by atoms with van der Waals surface area (Å²) in [5, 5.41) is 2.82. The van der Waals surface area contributed by atoms with Crippen molar-refractivity contribution in [2.75, 3.05) is 20.2 Å². The lowest BCUT2D eigenvalue weighted by Crippen LogP contribution is -2.46. The van der Waals surface area contributed by atoms with E-state index in [2.05, 4.69) is 5.32 Å². The number of rotatable bonds is 6. The van der Waals surface area contributed by atoms with Gasteiger partial charge in [-0.15, -0.1) is 0 Å². The monoisotopic (exact) mass is 474 g/mol. The Balaban J connectivity index is 1.55. The van der Waals surface area contributed by atoms with Crippen LogP contribution in [-0.2, 0) is 10.0 Å². The van der Waals surface area contributed by atoms with Gasteiger partial charge < -0.3 is 10.1 Å². The summed E-state index contributed by atoms with van der Waals surface area (Å²) >= 11 is -0.242.